The van der Waals surface area contributed by atoms with Crippen LogP contribution in [0.4, 0.5) is 4.79 Å². The third-order valence-electron chi connectivity index (χ3n) is 2.16. The van der Waals surface area contributed by atoms with Crippen LogP contribution in [0.5, 0.6) is 0 Å². The second kappa shape index (κ2) is 7.86. The molecule has 0 fully saturated rings. The number of hydrogen-bond donors (Lipinski definition) is 2. The molecule has 0 aromatic rings. The van der Waals surface area contributed by atoms with Gasteiger partial charge < -0.3 is 24.7 Å². The third-order valence-corrected chi connectivity index (χ3v) is 2.16. The summed E-state index contributed by atoms with van der Waals surface area (Å²) in [5.41, 5.74) is 0. The molecule has 1 atom stereocenters. The number of carbonyl (C=O) groups is 2. The van der Waals surface area contributed by atoms with Crippen LogP contribution in [0.1, 0.15) is 6.42 Å². The second-order valence-electron chi connectivity index (χ2n) is 3.84. The number of carboxylic acid groups (broad SMARTS) is 1. The van der Waals surface area contributed by atoms with Gasteiger partial charge in [0.05, 0.1) is 25.7 Å². The lowest BCUT2D eigenvalue weighted by atomic mass is 10.3. The molecule has 2 amide bonds. The number of nitrogens with zero attached hydrogens (tertiary/aromatic N) is 2. The first-order valence-electron chi connectivity index (χ1n) is 5.23. The molecule has 17 heavy (non-hydrogen) atoms. The first-order valence-corrected chi connectivity index (χ1v) is 5.23. The topological polar surface area (TPSA) is 90.3 Å². The minimum atomic E-state index is -0.952. The van der Waals surface area contributed by atoms with E-state index in [4.69, 9.17) is 9.84 Å². The van der Waals surface area contributed by atoms with Crippen LogP contribution in [0.25, 0.3) is 0 Å². The van der Waals surface area contributed by atoms with Crippen molar-refractivity contribution in [2.45, 2.75) is 12.5 Å². The van der Waals surface area contributed by atoms with Gasteiger partial charge >= 0.3 is 12.0 Å². The molecule has 0 bridgehead atoms. The minimum Gasteiger partial charge on any atom is -0.481 e. The highest BCUT2D eigenvalue weighted by molar-refractivity contribution is 5.75. The van der Waals surface area contributed by atoms with Gasteiger partial charge in [-0.2, -0.15) is 0 Å². The molecule has 0 aromatic carbocycles. The molecule has 0 heterocycles. The van der Waals surface area contributed by atoms with Crippen LogP contribution >= 0.6 is 0 Å². The number of carboxylic acids is 1. The fourth-order valence-corrected chi connectivity index (χ4v) is 1.29. The number of methoxy groups -OCH3 is 1. The van der Waals surface area contributed by atoms with E-state index in [2.05, 4.69) is 0 Å². The Morgan fingerprint density at radius 1 is 1.29 bits per heavy atom. The van der Waals surface area contributed by atoms with Gasteiger partial charge in [-0.05, 0) is 0 Å². The normalized spacial score (nSPS) is 12.0. The number of carbonyl (C=O) groups excluding carboxylic acids is 1. The van der Waals surface area contributed by atoms with Gasteiger partial charge in [-0.25, -0.2) is 4.79 Å². The SMILES string of the molecule is COCC(O)CN(C)C(=O)N(C)CCC(=O)O. The quantitative estimate of drug-likeness (QED) is 0.631. The zero-order valence-corrected chi connectivity index (χ0v) is 10.4. The van der Waals surface area contributed by atoms with Crippen molar-refractivity contribution in [3.8, 4) is 0 Å². The Hall–Kier alpha value is -1.34. The lowest BCUT2D eigenvalue weighted by Crippen LogP contribution is -2.43. The number of aliphatic hydroxyl groups excluding tert-OH is 1. The maximum atomic E-state index is 11.7. The summed E-state index contributed by atoms with van der Waals surface area (Å²) in [5.74, 6) is -0.952. The summed E-state index contributed by atoms with van der Waals surface area (Å²) in [6.07, 6.45) is -0.849. The summed E-state index contributed by atoms with van der Waals surface area (Å²) in [6, 6.07) is -0.332. The molecule has 0 radical (unpaired) electrons. The first kappa shape index (κ1) is 15.7. The minimum absolute atomic E-state index is 0.100. The number of ether oxygens (including phenoxy) is 1. The lowest BCUT2D eigenvalue weighted by Gasteiger charge is -2.26. The number of amides is 2. The summed E-state index contributed by atoms with van der Waals surface area (Å²) in [7, 11) is 4.52. The van der Waals surface area contributed by atoms with Gasteiger partial charge in [0.1, 0.15) is 0 Å². The Balaban J connectivity index is 4.06. The predicted molar refractivity (Wildman–Crippen MR) is 60.8 cm³/mol. The molecular weight excluding hydrogens is 228 g/mol. The van der Waals surface area contributed by atoms with E-state index in [-0.39, 0.29) is 32.1 Å². The standard InChI is InChI=1S/C10H20N2O5/c1-11(5-4-9(14)15)10(16)12(2)6-8(13)7-17-3/h8,13H,4-7H2,1-3H3,(H,14,15). The molecule has 0 saturated heterocycles. The number of hydrogen-bond acceptors (Lipinski definition) is 4. The molecule has 0 aliphatic rings. The first-order chi connectivity index (χ1) is 7.88. The molecule has 7 heteroatoms. The van der Waals surface area contributed by atoms with Crippen molar-refractivity contribution in [2.24, 2.45) is 0 Å². The molecule has 0 saturated carbocycles. The molecule has 0 aromatic heterocycles. The number of aliphatic hydroxyl groups is 1. The van der Waals surface area contributed by atoms with E-state index >= 15 is 0 Å². The number of likely N-dealkylation sites (N-methyl/N-ethyl adjacent to an activating group) is 1. The summed E-state index contributed by atoms with van der Waals surface area (Å²) < 4.78 is 4.74. The molecule has 2 N–H and O–H groups in total. The van der Waals surface area contributed by atoms with Crippen LogP contribution in [0.15, 0.2) is 0 Å². The second-order valence-corrected chi connectivity index (χ2v) is 3.84. The highest BCUT2D eigenvalue weighted by atomic mass is 16.5. The van der Waals surface area contributed by atoms with E-state index in [1.54, 1.807) is 7.05 Å². The Morgan fingerprint density at radius 3 is 2.35 bits per heavy atom. The molecular formula is C10H20N2O5. The van der Waals surface area contributed by atoms with Crippen LogP contribution in [0.2, 0.25) is 0 Å². The van der Waals surface area contributed by atoms with Crippen molar-refractivity contribution in [3.05, 3.63) is 0 Å². The van der Waals surface area contributed by atoms with E-state index in [0.29, 0.717) is 0 Å². The summed E-state index contributed by atoms with van der Waals surface area (Å²) in [5, 5.41) is 17.9. The van der Waals surface area contributed by atoms with Gasteiger partial charge in [-0.1, -0.05) is 0 Å². The van der Waals surface area contributed by atoms with Gasteiger partial charge in [-0.15, -0.1) is 0 Å². The number of urea groups is 1. The molecule has 0 spiro atoms. The van der Waals surface area contributed by atoms with Crippen molar-refractivity contribution in [3.63, 3.8) is 0 Å². The van der Waals surface area contributed by atoms with Crippen LogP contribution in [0.3, 0.4) is 0 Å². The summed E-state index contributed by atoms with van der Waals surface area (Å²) in [6.45, 7) is 0.430. The van der Waals surface area contributed by atoms with Crippen molar-refractivity contribution in [2.75, 3.05) is 40.9 Å². The van der Waals surface area contributed by atoms with Crippen molar-refractivity contribution in [1.29, 1.82) is 0 Å². The largest absolute Gasteiger partial charge is 0.481 e. The average Bonchev–Trinajstić information content (AvgIpc) is 2.24. The van der Waals surface area contributed by atoms with Gasteiger partial charge in [0.15, 0.2) is 0 Å². The smallest absolute Gasteiger partial charge is 0.319 e. The Kier molecular flexibility index (Phi) is 7.24. The zero-order valence-electron chi connectivity index (χ0n) is 10.4. The molecule has 100 valence electrons. The molecule has 0 aliphatic heterocycles. The van der Waals surface area contributed by atoms with Crippen molar-refractivity contribution >= 4 is 12.0 Å². The molecule has 1 unspecified atom stereocenters. The van der Waals surface area contributed by atoms with E-state index in [0.717, 1.165) is 0 Å². The Morgan fingerprint density at radius 2 is 1.88 bits per heavy atom. The fraction of sp³-hybridized carbons (Fsp3) is 0.800. The van der Waals surface area contributed by atoms with Crippen molar-refractivity contribution < 1.29 is 24.5 Å². The van der Waals surface area contributed by atoms with Crippen LogP contribution < -0.4 is 0 Å². The molecule has 0 aliphatic carbocycles. The monoisotopic (exact) mass is 248 g/mol. The molecule has 0 rings (SSSR count). The maximum absolute atomic E-state index is 11.7. The lowest BCUT2D eigenvalue weighted by molar-refractivity contribution is -0.137. The highest BCUT2D eigenvalue weighted by Gasteiger charge is 2.17. The Bertz CT molecular complexity index is 259. The van der Waals surface area contributed by atoms with Crippen LogP contribution in [-0.2, 0) is 9.53 Å². The summed E-state index contributed by atoms with van der Waals surface area (Å²) in [4.78, 5) is 24.7. The fourth-order valence-electron chi connectivity index (χ4n) is 1.29. The zero-order chi connectivity index (χ0) is 13.4. The number of rotatable bonds is 7. The van der Waals surface area contributed by atoms with Gasteiger partial charge in [0.25, 0.3) is 0 Å². The van der Waals surface area contributed by atoms with Crippen LogP contribution in [0, 0.1) is 0 Å². The maximum Gasteiger partial charge on any atom is 0.319 e. The Labute approximate surface area is 101 Å². The van der Waals surface area contributed by atoms with E-state index < -0.39 is 12.1 Å². The van der Waals surface area contributed by atoms with Gasteiger partial charge in [0.2, 0.25) is 0 Å². The predicted octanol–water partition coefficient (Wildman–Crippen LogP) is -0.548. The van der Waals surface area contributed by atoms with Gasteiger partial charge in [-0.3, -0.25) is 4.79 Å². The number of aliphatic carboxylic acids is 1. The van der Waals surface area contributed by atoms with E-state index in [1.807, 2.05) is 0 Å². The van der Waals surface area contributed by atoms with Crippen LogP contribution in [-0.4, -0.2) is 79.0 Å². The van der Waals surface area contributed by atoms with E-state index in [9.17, 15) is 14.7 Å². The summed E-state index contributed by atoms with van der Waals surface area (Å²) >= 11 is 0. The third kappa shape index (κ3) is 6.75. The van der Waals surface area contributed by atoms with Crippen molar-refractivity contribution in [1.82, 2.24) is 9.80 Å². The van der Waals surface area contributed by atoms with Gasteiger partial charge in [0, 0.05) is 27.7 Å². The highest BCUT2D eigenvalue weighted by Crippen LogP contribution is 1.98. The van der Waals surface area contributed by atoms with E-state index in [1.165, 1.54) is 24.0 Å². The molecule has 7 nitrogen and oxygen atoms in total. The average molecular weight is 248 g/mol.